The molecule has 17 heavy (non-hydrogen) atoms. The molecule has 0 aromatic heterocycles. The quantitative estimate of drug-likeness (QED) is 0.681. The summed E-state index contributed by atoms with van der Waals surface area (Å²) in [6, 6.07) is 3.83. The van der Waals surface area contributed by atoms with E-state index < -0.39 is 0 Å². The third-order valence-electron chi connectivity index (χ3n) is 2.51. The second kappa shape index (κ2) is 6.91. The van der Waals surface area contributed by atoms with E-state index in [0.717, 1.165) is 28.9 Å². The summed E-state index contributed by atoms with van der Waals surface area (Å²) < 4.78 is 15.7. The number of ether oxygens (including phenoxy) is 3. The van der Waals surface area contributed by atoms with Gasteiger partial charge in [0.1, 0.15) is 17.8 Å². The Labute approximate surface area is 101 Å². The second-order valence-corrected chi connectivity index (χ2v) is 3.62. The zero-order chi connectivity index (χ0) is 12.7. The average Bonchev–Trinajstić information content (AvgIpc) is 2.37. The SMILES string of the molecule is COCc1c(OC)cc(CCC=O)cc1OC. The van der Waals surface area contributed by atoms with Gasteiger partial charge in [-0.3, -0.25) is 0 Å². The van der Waals surface area contributed by atoms with Crippen molar-refractivity contribution in [2.75, 3.05) is 21.3 Å². The Morgan fingerprint density at radius 3 is 2.12 bits per heavy atom. The molecular formula is C13H18O4. The van der Waals surface area contributed by atoms with E-state index in [1.54, 1.807) is 21.3 Å². The number of carbonyl (C=O) groups excluding carboxylic acids is 1. The molecule has 0 radical (unpaired) electrons. The molecule has 0 aliphatic carbocycles. The first-order valence-corrected chi connectivity index (χ1v) is 5.43. The Morgan fingerprint density at radius 1 is 1.12 bits per heavy atom. The van der Waals surface area contributed by atoms with Crippen LogP contribution in [-0.2, 0) is 22.6 Å². The van der Waals surface area contributed by atoms with Crippen molar-refractivity contribution in [3.05, 3.63) is 23.3 Å². The molecular weight excluding hydrogens is 220 g/mol. The number of rotatable bonds is 7. The molecule has 0 saturated carbocycles. The van der Waals surface area contributed by atoms with Gasteiger partial charge in [0.2, 0.25) is 0 Å². The highest BCUT2D eigenvalue weighted by atomic mass is 16.5. The van der Waals surface area contributed by atoms with Gasteiger partial charge in [-0.1, -0.05) is 0 Å². The Morgan fingerprint density at radius 2 is 1.71 bits per heavy atom. The van der Waals surface area contributed by atoms with Gasteiger partial charge in [-0.05, 0) is 24.1 Å². The van der Waals surface area contributed by atoms with E-state index in [4.69, 9.17) is 14.2 Å². The molecule has 0 unspecified atom stereocenters. The van der Waals surface area contributed by atoms with Crippen LogP contribution in [0.25, 0.3) is 0 Å². The van der Waals surface area contributed by atoms with E-state index >= 15 is 0 Å². The number of methoxy groups -OCH3 is 3. The summed E-state index contributed by atoms with van der Waals surface area (Å²) in [6.07, 6.45) is 2.08. The summed E-state index contributed by atoms with van der Waals surface area (Å²) in [5, 5.41) is 0. The summed E-state index contributed by atoms with van der Waals surface area (Å²) in [6.45, 7) is 0.431. The Hall–Kier alpha value is -1.55. The van der Waals surface area contributed by atoms with Gasteiger partial charge in [-0.2, -0.15) is 0 Å². The summed E-state index contributed by atoms with van der Waals surface area (Å²) in [7, 11) is 4.84. The fourth-order valence-corrected chi connectivity index (χ4v) is 1.69. The molecule has 0 spiro atoms. The van der Waals surface area contributed by atoms with E-state index in [1.807, 2.05) is 12.1 Å². The minimum absolute atomic E-state index is 0.431. The van der Waals surface area contributed by atoms with Crippen molar-refractivity contribution in [2.24, 2.45) is 0 Å². The minimum atomic E-state index is 0.431. The molecule has 94 valence electrons. The highest BCUT2D eigenvalue weighted by Gasteiger charge is 2.12. The Bertz CT molecular complexity index is 349. The zero-order valence-corrected chi connectivity index (χ0v) is 10.5. The first-order valence-electron chi connectivity index (χ1n) is 5.43. The van der Waals surface area contributed by atoms with Crippen LogP contribution in [0.2, 0.25) is 0 Å². The van der Waals surface area contributed by atoms with Crippen molar-refractivity contribution in [3.8, 4) is 11.5 Å². The van der Waals surface area contributed by atoms with Crippen molar-refractivity contribution >= 4 is 6.29 Å². The molecule has 4 nitrogen and oxygen atoms in total. The molecule has 1 aromatic carbocycles. The van der Waals surface area contributed by atoms with E-state index in [2.05, 4.69) is 0 Å². The van der Waals surface area contributed by atoms with Crippen LogP contribution in [-0.4, -0.2) is 27.6 Å². The van der Waals surface area contributed by atoms with Gasteiger partial charge in [0.25, 0.3) is 0 Å². The van der Waals surface area contributed by atoms with Crippen LogP contribution in [0.5, 0.6) is 11.5 Å². The molecule has 0 bridgehead atoms. The van der Waals surface area contributed by atoms with Crippen LogP contribution in [0.15, 0.2) is 12.1 Å². The lowest BCUT2D eigenvalue weighted by Crippen LogP contribution is -2.00. The molecule has 0 amide bonds. The van der Waals surface area contributed by atoms with Gasteiger partial charge >= 0.3 is 0 Å². The zero-order valence-electron chi connectivity index (χ0n) is 10.5. The maximum Gasteiger partial charge on any atom is 0.128 e. The summed E-state index contributed by atoms with van der Waals surface area (Å²) >= 11 is 0. The molecule has 1 aromatic rings. The van der Waals surface area contributed by atoms with Gasteiger partial charge in [0.05, 0.1) is 26.4 Å². The maximum absolute atomic E-state index is 10.4. The molecule has 0 heterocycles. The first kappa shape index (κ1) is 13.5. The van der Waals surface area contributed by atoms with Crippen molar-refractivity contribution < 1.29 is 19.0 Å². The fraction of sp³-hybridized carbons (Fsp3) is 0.462. The predicted molar refractivity (Wildman–Crippen MR) is 64.6 cm³/mol. The Kier molecular flexibility index (Phi) is 5.49. The highest BCUT2D eigenvalue weighted by molar-refractivity contribution is 5.52. The standard InChI is InChI=1S/C13H18O4/c1-15-9-11-12(16-2)7-10(5-4-6-14)8-13(11)17-3/h6-8H,4-5,9H2,1-3H3. The smallest absolute Gasteiger partial charge is 0.128 e. The summed E-state index contributed by atoms with van der Waals surface area (Å²) in [5.74, 6) is 1.46. The van der Waals surface area contributed by atoms with Gasteiger partial charge in [0, 0.05) is 13.5 Å². The van der Waals surface area contributed by atoms with E-state index in [-0.39, 0.29) is 0 Å². The third kappa shape index (κ3) is 3.46. The van der Waals surface area contributed by atoms with E-state index in [0.29, 0.717) is 19.4 Å². The molecule has 0 atom stereocenters. The average molecular weight is 238 g/mol. The summed E-state index contributed by atoms with van der Waals surface area (Å²) in [5.41, 5.74) is 1.90. The van der Waals surface area contributed by atoms with Crippen LogP contribution >= 0.6 is 0 Å². The van der Waals surface area contributed by atoms with Crippen LogP contribution in [0.4, 0.5) is 0 Å². The topological polar surface area (TPSA) is 44.8 Å². The minimum Gasteiger partial charge on any atom is -0.496 e. The number of hydrogen-bond acceptors (Lipinski definition) is 4. The van der Waals surface area contributed by atoms with Crippen LogP contribution in [0.1, 0.15) is 17.5 Å². The number of hydrogen-bond donors (Lipinski definition) is 0. The van der Waals surface area contributed by atoms with Crippen LogP contribution < -0.4 is 9.47 Å². The van der Waals surface area contributed by atoms with E-state index in [1.165, 1.54) is 0 Å². The molecule has 4 heteroatoms. The molecule has 0 fully saturated rings. The number of carbonyl (C=O) groups is 1. The van der Waals surface area contributed by atoms with Crippen molar-refractivity contribution in [1.29, 1.82) is 0 Å². The fourth-order valence-electron chi connectivity index (χ4n) is 1.69. The van der Waals surface area contributed by atoms with Gasteiger partial charge < -0.3 is 19.0 Å². The largest absolute Gasteiger partial charge is 0.496 e. The molecule has 0 aliphatic rings. The summed E-state index contributed by atoms with van der Waals surface area (Å²) in [4.78, 5) is 10.4. The third-order valence-corrected chi connectivity index (χ3v) is 2.51. The number of aldehydes is 1. The molecule has 0 aliphatic heterocycles. The molecule has 0 saturated heterocycles. The Balaban J connectivity index is 3.08. The predicted octanol–water partition coefficient (Wildman–Crippen LogP) is 1.98. The lowest BCUT2D eigenvalue weighted by molar-refractivity contribution is -0.107. The monoisotopic (exact) mass is 238 g/mol. The second-order valence-electron chi connectivity index (χ2n) is 3.62. The van der Waals surface area contributed by atoms with Gasteiger partial charge in [-0.25, -0.2) is 0 Å². The lowest BCUT2D eigenvalue weighted by Gasteiger charge is -2.14. The lowest BCUT2D eigenvalue weighted by atomic mass is 10.1. The van der Waals surface area contributed by atoms with Gasteiger partial charge in [0.15, 0.2) is 0 Å². The van der Waals surface area contributed by atoms with Crippen molar-refractivity contribution in [3.63, 3.8) is 0 Å². The molecule has 0 N–H and O–H groups in total. The van der Waals surface area contributed by atoms with Crippen LogP contribution in [0, 0.1) is 0 Å². The van der Waals surface area contributed by atoms with Crippen molar-refractivity contribution in [2.45, 2.75) is 19.4 Å². The number of benzene rings is 1. The van der Waals surface area contributed by atoms with E-state index in [9.17, 15) is 4.79 Å². The number of aryl methyl sites for hydroxylation is 1. The van der Waals surface area contributed by atoms with Crippen LogP contribution in [0.3, 0.4) is 0 Å². The highest BCUT2D eigenvalue weighted by Crippen LogP contribution is 2.31. The normalized spacial score (nSPS) is 10.1. The maximum atomic E-state index is 10.4. The molecule has 1 rings (SSSR count). The van der Waals surface area contributed by atoms with Crippen molar-refractivity contribution in [1.82, 2.24) is 0 Å². The first-order chi connectivity index (χ1) is 8.26. The van der Waals surface area contributed by atoms with Gasteiger partial charge in [-0.15, -0.1) is 0 Å².